The van der Waals surface area contributed by atoms with E-state index in [0.29, 0.717) is 25.2 Å². The summed E-state index contributed by atoms with van der Waals surface area (Å²) >= 11 is 11.7. The van der Waals surface area contributed by atoms with Crippen molar-refractivity contribution in [3.05, 3.63) is 27.7 Å². The van der Waals surface area contributed by atoms with Crippen LogP contribution >= 0.6 is 23.2 Å². The van der Waals surface area contributed by atoms with Crippen molar-refractivity contribution in [1.29, 1.82) is 0 Å². The van der Waals surface area contributed by atoms with E-state index in [4.69, 9.17) is 33.0 Å². The van der Waals surface area contributed by atoms with Crippen LogP contribution in [0.4, 0.5) is 0 Å². The molecule has 0 spiro atoms. The summed E-state index contributed by atoms with van der Waals surface area (Å²) in [4.78, 5) is -0.0935. The first-order valence-electron chi connectivity index (χ1n) is 6.08. The first-order chi connectivity index (χ1) is 9.42. The van der Waals surface area contributed by atoms with Crippen LogP contribution in [-0.4, -0.2) is 33.3 Å². The van der Waals surface area contributed by atoms with E-state index in [1.54, 1.807) is 0 Å². The van der Waals surface area contributed by atoms with Gasteiger partial charge in [-0.1, -0.05) is 23.2 Å². The van der Waals surface area contributed by atoms with Gasteiger partial charge in [-0.05, 0) is 31.0 Å². The Bertz CT molecular complexity index is 549. The summed E-state index contributed by atoms with van der Waals surface area (Å²) in [6.45, 7) is 2.83. The summed E-state index contributed by atoms with van der Waals surface area (Å²) in [6, 6.07) is 2.58. The average Bonchev–Trinajstić information content (AvgIpc) is 2.38. The molecule has 0 unspecified atom stereocenters. The monoisotopic (exact) mass is 341 g/mol. The van der Waals surface area contributed by atoms with Crippen molar-refractivity contribution in [2.75, 3.05) is 19.8 Å². The molecule has 0 amide bonds. The van der Waals surface area contributed by atoms with Gasteiger partial charge in [0, 0.05) is 24.8 Å². The van der Waals surface area contributed by atoms with Crippen molar-refractivity contribution in [2.24, 2.45) is 0 Å². The Balaban J connectivity index is 2.82. The van der Waals surface area contributed by atoms with Crippen LogP contribution < -0.4 is 4.72 Å². The van der Waals surface area contributed by atoms with Gasteiger partial charge in [-0.3, -0.25) is 0 Å². The fourth-order valence-corrected chi connectivity index (χ4v) is 3.43. The fraction of sp³-hybridized carbons (Fsp3) is 0.500. The van der Waals surface area contributed by atoms with Crippen LogP contribution in [0.15, 0.2) is 17.0 Å². The lowest BCUT2D eigenvalue weighted by Crippen LogP contribution is -2.26. The van der Waals surface area contributed by atoms with Crippen LogP contribution in [0.1, 0.15) is 18.9 Å². The number of rotatable bonds is 8. The number of halogens is 2. The standard InChI is InChI=1S/C12H17Cl2NO4S/c1-2-19-5-3-4-15-20(17,18)12-6-9(8-16)10(13)7-11(12)14/h6-7,15-16H,2-5,8H2,1H3. The largest absolute Gasteiger partial charge is 0.392 e. The Labute approximate surface area is 128 Å². The maximum atomic E-state index is 12.1. The molecule has 20 heavy (non-hydrogen) atoms. The van der Waals surface area contributed by atoms with E-state index in [0.717, 1.165) is 0 Å². The number of benzene rings is 1. The molecular formula is C12H17Cl2NO4S. The normalized spacial score (nSPS) is 11.8. The molecule has 8 heteroatoms. The van der Waals surface area contributed by atoms with E-state index in [9.17, 15) is 8.42 Å². The van der Waals surface area contributed by atoms with Crippen molar-refractivity contribution < 1.29 is 18.3 Å². The van der Waals surface area contributed by atoms with E-state index in [1.165, 1.54) is 12.1 Å². The van der Waals surface area contributed by atoms with Crippen molar-refractivity contribution in [3.63, 3.8) is 0 Å². The summed E-state index contributed by atoms with van der Waals surface area (Å²) < 4.78 is 31.8. The number of ether oxygens (including phenoxy) is 1. The molecule has 5 nitrogen and oxygen atoms in total. The molecule has 0 saturated heterocycles. The third-order valence-electron chi connectivity index (χ3n) is 2.52. The Morgan fingerprint density at radius 1 is 1.30 bits per heavy atom. The number of aliphatic hydroxyl groups excluding tert-OH is 1. The van der Waals surface area contributed by atoms with Crippen LogP contribution in [0, 0.1) is 0 Å². The van der Waals surface area contributed by atoms with Crippen LogP contribution in [0.2, 0.25) is 10.0 Å². The highest BCUT2D eigenvalue weighted by atomic mass is 35.5. The SMILES string of the molecule is CCOCCCNS(=O)(=O)c1cc(CO)c(Cl)cc1Cl. The van der Waals surface area contributed by atoms with Crippen molar-refractivity contribution in [2.45, 2.75) is 24.8 Å². The summed E-state index contributed by atoms with van der Waals surface area (Å²) in [5.41, 5.74) is 0.311. The van der Waals surface area contributed by atoms with Crippen LogP contribution in [0.3, 0.4) is 0 Å². The van der Waals surface area contributed by atoms with Crippen LogP contribution in [0.25, 0.3) is 0 Å². The van der Waals surface area contributed by atoms with Gasteiger partial charge in [-0.15, -0.1) is 0 Å². The second-order valence-electron chi connectivity index (χ2n) is 3.98. The zero-order valence-corrected chi connectivity index (χ0v) is 13.4. The molecule has 2 N–H and O–H groups in total. The molecule has 1 aromatic carbocycles. The number of hydrogen-bond donors (Lipinski definition) is 2. The highest BCUT2D eigenvalue weighted by Gasteiger charge is 2.19. The lowest BCUT2D eigenvalue weighted by molar-refractivity contribution is 0.146. The topological polar surface area (TPSA) is 75.6 Å². The average molecular weight is 342 g/mol. The molecule has 1 aromatic rings. The van der Waals surface area contributed by atoms with Gasteiger partial charge in [0.25, 0.3) is 0 Å². The first-order valence-corrected chi connectivity index (χ1v) is 8.32. The van der Waals surface area contributed by atoms with E-state index in [2.05, 4.69) is 4.72 Å². The predicted molar refractivity (Wildman–Crippen MR) is 78.7 cm³/mol. The van der Waals surface area contributed by atoms with Gasteiger partial charge >= 0.3 is 0 Å². The summed E-state index contributed by atoms with van der Waals surface area (Å²) in [6.07, 6.45) is 0.561. The molecule has 0 bridgehead atoms. The summed E-state index contributed by atoms with van der Waals surface area (Å²) in [5, 5.41) is 9.36. The molecular weight excluding hydrogens is 325 g/mol. The molecule has 0 fully saturated rings. The van der Waals surface area contributed by atoms with Gasteiger partial charge in [0.05, 0.1) is 11.6 Å². The quantitative estimate of drug-likeness (QED) is 0.710. The third-order valence-corrected chi connectivity index (χ3v) is 4.80. The lowest BCUT2D eigenvalue weighted by atomic mass is 10.2. The van der Waals surface area contributed by atoms with Crippen LogP contribution in [-0.2, 0) is 21.4 Å². The number of nitrogens with one attached hydrogen (secondary N) is 1. The molecule has 0 saturated carbocycles. The van der Waals surface area contributed by atoms with Gasteiger partial charge in [0.1, 0.15) is 4.90 Å². The van der Waals surface area contributed by atoms with Gasteiger partial charge in [0.2, 0.25) is 10.0 Å². The van der Waals surface area contributed by atoms with E-state index in [-0.39, 0.29) is 28.1 Å². The van der Waals surface area contributed by atoms with Gasteiger partial charge in [0.15, 0.2) is 0 Å². The zero-order valence-electron chi connectivity index (χ0n) is 11.0. The molecule has 1 rings (SSSR count). The smallest absolute Gasteiger partial charge is 0.242 e. The Hall–Kier alpha value is -0.370. The molecule has 0 aliphatic heterocycles. The highest BCUT2D eigenvalue weighted by molar-refractivity contribution is 7.89. The third kappa shape index (κ3) is 4.87. The number of hydrogen-bond acceptors (Lipinski definition) is 4. The molecule has 114 valence electrons. The molecule has 0 heterocycles. The minimum Gasteiger partial charge on any atom is -0.392 e. The number of sulfonamides is 1. The maximum absolute atomic E-state index is 12.1. The molecule has 0 aliphatic rings. The summed E-state index contributed by atoms with van der Waals surface area (Å²) in [7, 11) is -3.73. The maximum Gasteiger partial charge on any atom is 0.242 e. The zero-order chi connectivity index (χ0) is 15.2. The molecule has 0 aromatic heterocycles. The second-order valence-corrected chi connectivity index (χ2v) is 6.53. The van der Waals surface area contributed by atoms with Crippen LogP contribution in [0.5, 0.6) is 0 Å². The molecule has 0 atom stereocenters. The molecule has 0 radical (unpaired) electrons. The lowest BCUT2D eigenvalue weighted by Gasteiger charge is -2.10. The second kappa shape index (κ2) is 8.17. The van der Waals surface area contributed by atoms with Crippen molar-refractivity contribution >= 4 is 33.2 Å². The van der Waals surface area contributed by atoms with Gasteiger partial charge in [-0.25, -0.2) is 13.1 Å². The van der Waals surface area contributed by atoms with Crippen molar-refractivity contribution in [1.82, 2.24) is 4.72 Å². The minimum atomic E-state index is -3.73. The van der Waals surface area contributed by atoms with Gasteiger partial charge < -0.3 is 9.84 Å². The highest BCUT2D eigenvalue weighted by Crippen LogP contribution is 2.28. The first kappa shape index (κ1) is 17.7. The van der Waals surface area contributed by atoms with E-state index >= 15 is 0 Å². The fourth-order valence-electron chi connectivity index (χ4n) is 1.50. The predicted octanol–water partition coefficient (Wildman–Crippen LogP) is 2.19. The summed E-state index contributed by atoms with van der Waals surface area (Å²) in [5.74, 6) is 0. The Morgan fingerprint density at radius 2 is 2.00 bits per heavy atom. The Kier molecular flexibility index (Phi) is 7.22. The van der Waals surface area contributed by atoms with E-state index in [1.807, 2.05) is 6.92 Å². The Morgan fingerprint density at radius 3 is 2.60 bits per heavy atom. The number of aliphatic hydroxyl groups is 1. The van der Waals surface area contributed by atoms with Gasteiger partial charge in [-0.2, -0.15) is 0 Å². The molecule has 0 aliphatic carbocycles. The van der Waals surface area contributed by atoms with Crippen molar-refractivity contribution in [3.8, 4) is 0 Å². The minimum absolute atomic E-state index is 0.0181. The van der Waals surface area contributed by atoms with E-state index < -0.39 is 10.0 Å².